The van der Waals surface area contributed by atoms with Crippen LogP contribution in [0.5, 0.6) is 0 Å². The second kappa shape index (κ2) is 5.55. The van der Waals surface area contributed by atoms with Gasteiger partial charge in [-0.15, -0.1) is 0 Å². The van der Waals surface area contributed by atoms with Crippen molar-refractivity contribution in [3.8, 4) is 0 Å². The number of fused-ring (bicyclic) bond motifs is 1. The Kier molecular flexibility index (Phi) is 4.04. The smallest absolute Gasteiger partial charge is 0.134 e. The fourth-order valence-corrected chi connectivity index (χ4v) is 2.08. The number of aliphatic hydroxyl groups excluding tert-OH is 1. The molecular formula is C15H21NO2. The number of hydrogen-bond acceptors (Lipinski definition) is 3. The molecule has 0 fully saturated rings. The Labute approximate surface area is 108 Å². The Morgan fingerprint density at radius 2 is 1.94 bits per heavy atom. The first-order valence-corrected chi connectivity index (χ1v) is 6.47. The molecule has 0 saturated heterocycles. The Bertz CT molecular complexity index is 471. The number of para-hydroxylation sites is 1. The minimum absolute atomic E-state index is 0.0909. The molecule has 1 heterocycles. The Morgan fingerprint density at radius 1 is 1.22 bits per heavy atom. The lowest BCUT2D eigenvalue weighted by molar-refractivity contribution is 0.197. The highest BCUT2D eigenvalue weighted by atomic mass is 16.3. The largest absolute Gasteiger partial charge is 0.459 e. The van der Waals surface area contributed by atoms with Crippen molar-refractivity contribution in [2.45, 2.75) is 32.9 Å². The van der Waals surface area contributed by atoms with Gasteiger partial charge >= 0.3 is 0 Å². The number of rotatable bonds is 5. The zero-order valence-corrected chi connectivity index (χ0v) is 11.2. The molecule has 2 aromatic rings. The minimum Gasteiger partial charge on any atom is -0.459 e. The van der Waals surface area contributed by atoms with E-state index in [4.69, 9.17) is 4.42 Å². The molecule has 1 aromatic carbocycles. The zero-order chi connectivity index (χ0) is 13.1. The van der Waals surface area contributed by atoms with Gasteiger partial charge in [0.1, 0.15) is 11.3 Å². The number of aliphatic hydroxyl groups is 1. The first kappa shape index (κ1) is 13.1. The van der Waals surface area contributed by atoms with Crippen LogP contribution in [0.2, 0.25) is 0 Å². The van der Waals surface area contributed by atoms with Crippen molar-refractivity contribution in [2.24, 2.45) is 5.92 Å². The van der Waals surface area contributed by atoms with E-state index >= 15 is 0 Å². The van der Waals surface area contributed by atoms with E-state index in [1.54, 1.807) is 0 Å². The lowest BCUT2D eigenvalue weighted by atomic mass is 10.0. The number of furan rings is 1. The zero-order valence-electron chi connectivity index (χ0n) is 11.2. The maximum absolute atomic E-state index is 9.34. The summed E-state index contributed by atoms with van der Waals surface area (Å²) in [6.45, 7) is 6.39. The van der Waals surface area contributed by atoms with Crippen LogP contribution in [0.3, 0.4) is 0 Å². The SMILES string of the molecule is CC(NC(CO)C(C)C)c1cc2ccccc2o1. The molecule has 0 aliphatic carbocycles. The van der Waals surface area contributed by atoms with Gasteiger partial charge < -0.3 is 14.8 Å². The van der Waals surface area contributed by atoms with Crippen LogP contribution in [0.1, 0.15) is 32.6 Å². The molecule has 0 aliphatic heterocycles. The van der Waals surface area contributed by atoms with Gasteiger partial charge in [-0.05, 0) is 25.0 Å². The van der Waals surface area contributed by atoms with E-state index in [9.17, 15) is 5.11 Å². The van der Waals surface area contributed by atoms with Crippen molar-refractivity contribution < 1.29 is 9.52 Å². The monoisotopic (exact) mass is 247 g/mol. The topological polar surface area (TPSA) is 45.4 Å². The lowest BCUT2D eigenvalue weighted by Gasteiger charge is -2.23. The molecule has 2 atom stereocenters. The van der Waals surface area contributed by atoms with E-state index in [1.165, 1.54) is 0 Å². The molecule has 2 rings (SSSR count). The van der Waals surface area contributed by atoms with Gasteiger partial charge in [0.2, 0.25) is 0 Å². The average Bonchev–Trinajstić information content (AvgIpc) is 2.79. The van der Waals surface area contributed by atoms with Crippen molar-refractivity contribution in [1.29, 1.82) is 0 Å². The Balaban J connectivity index is 2.15. The third kappa shape index (κ3) is 2.74. The van der Waals surface area contributed by atoms with Gasteiger partial charge in [-0.1, -0.05) is 32.0 Å². The predicted octanol–water partition coefficient (Wildman–Crippen LogP) is 3.10. The van der Waals surface area contributed by atoms with Crippen LogP contribution in [-0.4, -0.2) is 17.8 Å². The van der Waals surface area contributed by atoms with Gasteiger partial charge in [0.15, 0.2) is 0 Å². The van der Waals surface area contributed by atoms with E-state index in [-0.39, 0.29) is 18.7 Å². The molecule has 98 valence electrons. The normalized spacial score (nSPS) is 15.2. The molecule has 1 aromatic heterocycles. The number of hydrogen-bond donors (Lipinski definition) is 2. The summed E-state index contributed by atoms with van der Waals surface area (Å²) in [6.07, 6.45) is 0. The van der Waals surface area contributed by atoms with Crippen molar-refractivity contribution in [3.05, 3.63) is 36.1 Å². The van der Waals surface area contributed by atoms with E-state index in [0.717, 1.165) is 16.7 Å². The number of benzene rings is 1. The van der Waals surface area contributed by atoms with Crippen LogP contribution in [0, 0.1) is 5.92 Å². The summed E-state index contributed by atoms with van der Waals surface area (Å²) in [7, 11) is 0. The highest BCUT2D eigenvalue weighted by Crippen LogP contribution is 2.24. The van der Waals surface area contributed by atoms with E-state index in [1.807, 2.05) is 24.3 Å². The fraction of sp³-hybridized carbons (Fsp3) is 0.467. The molecule has 0 aliphatic rings. The summed E-state index contributed by atoms with van der Waals surface area (Å²) in [5.74, 6) is 1.30. The van der Waals surface area contributed by atoms with E-state index < -0.39 is 0 Å². The van der Waals surface area contributed by atoms with E-state index in [0.29, 0.717) is 5.92 Å². The van der Waals surface area contributed by atoms with Gasteiger partial charge in [0, 0.05) is 11.4 Å². The summed E-state index contributed by atoms with van der Waals surface area (Å²) in [6, 6.07) is 10.2. The maximum Gasteiger partial charge on any atom is 0.134 e. The van der Waals surface area contributed by atoms with Gasteiger partial charge in [-0.3, -0.25) is 0 Å². The van der Waals surface area contributed by atoms with Gasteiger partial charge in [-0.25, -0.2) is 0 Å². The van der Waals surface area contributed by atoms with Crippen LogP contribution < -0.4 is 5.32 Å². The van der Waals surface area contributed by atoms with Gasteiger partial charge in [-0.2, -0.15) is 0 Å². The Morgan fingerprint density at radius 3 is 2.56 bits per heavy atom. The minimum atomic E-state index is 0.0909. The molecule has 2 unspecified atom stereocenters. The molecular weight excluding hydrogens is 226 g/mol. The second-order valence-corrected chi connectivity index (χ2v) is 5.11. The third-order valence-corrected chi connectivity index (χ3v) is 3.34. The summed E-state index contributed by atoms with van der Waals surface area (Å²) in [5, 5.41) is 13.9. The molecule has 0 spiro atoms. The van der Waals surface area contributed by atoms with Crippen molar-refractivity contribution in [3.63, 3.8) is 0 Å². The van der Waals surface area contributed by atoms with Crippen LogP contribution in [-0.2, 0) is 0 Å². The van der Waals surface area contributed by atoms with Crippen LogP contribution in [0.4, 0.5) is 0 Å². The standard InChI is InChI=1S/C15H21NO2/c1-10(2)13(9-17)16-11(3)15-8-12-6-4-5-7-14(12)18-15/h4-8,10-11,13,16-17H,9H2,1-3H3. The van der Waals surface area contributed by atoms with Gasteiger partial charge in [0.05, 0.1) is 12.6 Å². The predicted molar refractivity (Wildman–Crippen MR) is 73.5 cm³/mol. The van der Waals surface area contributed by atoms with Crippen LogP contribution >= 0.6 is 0 Å². The molecule has 0 amide bonds. The quantitative estimate of drug-likeness (QED) is 0.853. The molecule has 0 saturated carbocycles. The third-order valence-electron chi connectivity index (χ3n) is 3.34. The molecule has 18 heavy (non-hydrogen) atoms. The first-order valence-electron chi connectivity index (χ1n) is 6.47. The second-order valence-electron chi connectivity index (χ2n) is 5.11. The molecule has 0 bridgehead atoms. The average molecular weight is 247 g/mol. The summed E-state index contributed by atoms with van der Waals surface area (Å²) in [5.41, 5.74) is 0.909. The highest BCUT2D eigenvalue weighted by molar-refractivity contribution is 5.77. The molecule has 3 heteroatoms. The summed E-state index contributed by atoms with van der Waals surface area (Å²) >= 11 is 0. The number of nitrogens with one attached hydrogen (secondary N) is 1. The van der Waals surface area contributed by atoms with Crippen molar-refractivity contribution in [2.75, 3.05) is 6.61 Å². The van der Waals surface area contributed by atoms with E-state index in [2.05, 4.69) is 32.2 Å². The summed E-state index contributed by atoms with van der Waals surface area (Å²) in [4.78, 5) is 0. The maximum atomic E-state index is 9.34. The van der Waals surface area contributed by atoms with Crippen LogP contribution in [0.15, 0.2) is 34.7 Å². The Hall–Kier alpha value is -1.32. The van der Waals surface area contributed by atoms with Crippen LogP contribution in [0.25, 0.3) is 11.0 Å². The van der Waals surface area contributed by atoms with Crippen molar-refractivity contribution >= 4 is 11.0 Å². The highest BCUT2D eigenvalue weighted by Gasteiger charge is 2.18. The molecule has 0 radical (unpaired) electrons. The first-order chi connectivity index (χ1) is 8.61. The van der Waals surface area contributed by atoms with Gasteiger partial charge in [0.25, 0.3) is 0 Å². The molecule has 3 nitrogen and oxygen atoms in total. The van der Waals surface area contributed by atoms with Crippen molar-refractivity contribution in [1.82, 2.24) is 5.32 Å². The summed E-state index contributed by atoms with van der Waals surface area (Å²) < 4.78 is 5.81. The fourth-order valence-electron chi connectivity index (χ4n) is 2.08. The molecule has 2 N–H and O–H groups in total. The lowest BCUT2D eigenvalue weighted by Crippen LogP contribution is -2.38.